The monoisotopic (exact) mass is 606 g/mol. The summed E-state index contributed by atoms with van der Waals surface area (Å²) < 4.78 is 38.1. The van der Waals surface area contributed by atoms with Crippen LogP contribution < -0.4 is 20.1 Å². The van der Waals surface area contributed by atoms with Crippen molar-refractivity contribution < 1.29 is 42.7 Å². The molecule has 0 spiro atoms. The van der Waals surface area contributed by atoms with Gasteiger partial charge in [-0.2, -0.15) is 0 Å². The lowest BCUT2D eigenvalue weighted by Crippen LogP contribution is -2.32. The van der Waals surface area contributed by atoms with E-state index in [2.05, 4.69) is 20.6 Å². The van der Waals surface area contributed by atoms with E-state index in [-0.39, 0.29) is 13.1 Å². The van der Waals surface area contributed by atoms with E-state index in [1.807, 2.05) is 41.5 Å². The maximum Gasteiger partial charge on any atom is 0.407 e. The van der Waals surface area contributed by atoms with Crippen molar-refractivity contribution in [3.05, 3.63) is 48.0 Å². The topological polar surface area (TPSA) is 149 Å². The molecule has 2 heterocycles. The number of aromatic nitrogens is 2. The Balaban J connectivity index is 1.40. The Morgan fingerprint density at radius 1 is 0.581 bits per heavy atom. The molecule has 13 heteroatoms. The molecule has 43 heavy (non-hydrogen) atoms. The summed E-state index contributed by atoms with van der Waals surface area (Å²) in [5.41, 5.74) is 0.293. The van der Waals surface area contributed by atoms with E-state index in [1.54, 1.807) is 36.7 Å². The summed E-state index contributed by atoms with van der Waals surface area (Å²) in [6, 6.07) is 7.13. The lowest BCUT2D eigenvalue weighted by atomic mass is 10.2. The van der Waals surface area contributed by atoms with Gasteiger partial charge in [-0.25, -0.2) is 9.59 Å². The Morgan fingerprint density at radius 2 is 0.930 bits per heavy atom. The Bertz CT molecular complexity index is 984. The van der Waals surface area contributed by atoms with Crippen LogP contribution in [0.2, 0.25) is 0 Å². The van der Waals surface area contributed by atoms with Gasteiger partial charge in [-0.3, -0.25) is 9.97 Å². The van der Waals surface area contributed by atoms with Gasteiger partial charge in [0, 0.05) is 0 Å². The van der Waals surface area contributed by atoms with Gasteiger partial charge in [0.15, 0.2) is 0 Å². The van der Waals surface area contributed by atoms with E-state index in [9.17, 15) is 9.59 Å². The summed E-state index contributed by atoms with van der Waals surface area (Å²) >= 11 is 0. The van der Waals surface area contributed by atoms with Gasteiger partial charge in [0.05, 0.1) is 76.5 Å². The smallest absolute Gasteiger partial charge is 0.407 e. The van der Waals surface area contributed by atoms with Gasteiger partial charge in [0.1, 0.15) is 35.9 Å². The van der Waals surface area contributed by atoms with Crippen molar-refractivity contribution in [2.24, 2.45) is 0 Å². The zero-order chi connectivity index (χ0) is 31.6. The Hall–Kier alpha value is -3.68. The first-order valence-electron chi connectivity index (χ1n) is 14.2. The average molecular weight is 607 g/mol. The number of carbonyl (C=O) groups excluding carboxylic acids is 2. The van der Waals surface area contributed by atoms with Gasteiger partial charge in [0.25, 0.3) is 0 Å². The molecule has 13 nitrogen and oxygen atoms in total. The first-order valence-corrected chi connectivity index (χ1v) is 14.2. The third-order valence-electron chi connectivity index (χ3n) is 4.96. The zero-order valence-corrected chi connectivity index (χ0v) is 26.1. The fourth-order valence-electron chi connectivity index (χ4n) is 3.13. The van der Waals surface area contributed by atoms with Gasteiger partial charge in [0.2, 0.25) is 0 Å². The Morgan fingerprint density at radius 3 is 1.23 bits per heavy atom. The van der Waals surface area contributed by atoms with Crippen molar-refractivity contribution in [1.82, 2.24) is 20.6 Å². The molecule has 2 N–H and O–H groups in total. The molecule has 0 atom stereocenters. The van der Waals surface area contributed by atoms with Crippen molar-refractivity contribution >= 4 is 12.2 Å². The van der Waals surface area contributed by atoms with E-state index < -0.39 is 23.4 Å². The summed E-state index contributed by atoms with van der Waals surface area (Å²) in [6.07, 6.45) is 2.22. The molecule has 2 rings (SSSR count). The molecule has 0 aliphatic rings. The molecule has 240 valence electrons. The van der Waals surface area contributed by atoms with E-state index in [4.69, 9.17) is 33.2 Å². The molecular formula is C30H46N4O9. The van der Waals surface area contributed by atoms with Gasteiger partial charge < -0.3 is 43.8 Å². The Labute approximate surface area is 253 Å². The molecule has 2 amide bonds. The number of pyridine rings is 2. The van der Waals surface area contributed by atoms with E-state index in [1.165, 1.54) is 0 Å². The minimum absolute atomic E-state index is 0.266. The minimum atomic E-state index is -0.546. The van der Waals surface area contributed by atoms with Crippen molar-refractivity contribution in [2.45, 2.75) is 65.8 Å². The largest absolute Gasteiger partial charge is 0.490 e. The number of nitrogens with zero attached hydrogens (tertiary/aromatic N) is 2. The molecule has 0 fully saturated rings. The number of alkyl carbamates (subject to hydrolysis) is 2. The molecule has 2 aromatic heterocycles. The van der Waals surface area contributed by atoms with E-state index in [0.29, 0.717) is 75.7 Å². The van der Waals surface area contributed by atoms with Gasteiger partial charge in [-0.05, 0) is 65.8 Å². The highest BCUT2D eigenvalue weighted by Crippen LogP contribution is 2.11. The summed E-state index contributed by atoms with van der Waals surface area (Å²) in [7, 11) is 0. The van der Waals surface area contributed by atoms with Crippen LogP contribution in [0.1, 0.15) is 52.9 Å². The molecule has 0 bridgehead atoms. The SMILES string of the molecule is CC(C)(C)OC(=O)NCc1ccc(OCCOCCOCCOCCOc2ccc(CNC(=O)OC(C)(C)C)nc2)cn1. The van der Waals surface area contributed by atoms with E-state index in [0.717, 1.165) is 0 Å². The first kappa shape index (κ1) is 35.5. The fraction of sp³-hybridized carbons (Fsp3) is 0.600. The highest BCUT2D eigenvalue weighted by Gasteiger charge is 2.16. The standard InChI is InChI=1S/C30H46N4O9/c1-29(2,3)42-27(35)33-19-23-7-9-25(21-31-23)40-17-15-38-13-11-37-12-14-39-16-18-41-26-10-8-24(32-22-26)20-34-28(36)43-30(4,5)6/h7-10,21-22H,11-20H2,1-6H3,(H,33,35)(H,34,36). The molecular weight excluding hydrogens is 560 g/mol. The molecule has 0 aromatic carbocycles. The third-order valence-corrected chi connectivity index (χ3v) is 4.96. The van der Waals surface area contributed by atoms with Crippen LogP contribution in [-0.2, 0) is 36.8 Å². The maximum absolute atomic E-state index is 11.7. The van der Waals surface area contributed by atoms with Crippen molar-refractivity contribution in [1.29, 1.82) is 0 Å². The predicted octanol–water partition coefficient (Wildman–Crippen LogP) is 4.03. The van der Waals surface area contributed by atoms with Crippen LogP contribution in [0, 0.1) is 0 Å². The fourth-order valence-corrected chi connectivity index (χ4v) is 3.13. The summed E-state index contributed by atoms with van der Waals surface area (Å²) in [4.78, 5) is 32.0. The number of rotatable bonds is 18. The van der Waals surface area contributed by atoms with Crippen LogP contribution in [0.4, 0.5) is 9.59 Å². The maximum atomic E-state index is 11.7. The second-order valence-corrected chi connectivity index (χ2v) is 11.2. The zero-order valence-electron chi connectivity index (χ0n) is 26.1. The molecule has 0 aliphatic carbocycles. The predicted molar refractivity (Wildman–Crippen MR) is 158 cm³/mol. The quantitative estimate of drug-likeness (QED) is 0.237. The summed E-state index contributed by atoms with van der Waals surface area (Å²) in [6.45, 7) is 14.7. The Kier molecular flexibility index (Phi) is 15.5. The number of carbonyl (C=O) groups is 2. The van der Waals surface area contributed by atoms with Crippen LogP contribution in [0.3, 0.4) is 0 Å². The molecule has 0 radical (unpaired) electrons. The average Bonchev–Trinajstić information content (AvgIpc) is 2.92. The number of ether oxygens (including phenoxy) is 7. The van der Waals surface area contributed by atoms with Crippen LogP contribution in [0.5, 0.6) is 11.5 Å². The lowest BCUT2D eigenvalue weighted by molar-refractivity contribution is 0.00496. The van der Waals surface area contributed by atoms with Crippen molar-refractivity contribution in [3.63, 3.8) is 0 Å². The van der Waals surface area contributed by atoms with Gasteiger partial charge >= 0.3 is 12.2 Å². The van der Waals surface area contributed by atoms with Crippen molar-refractivity contribution in [2.75, 3.05) is 52.9 Å². The van der Waals surface area contributed by atoms with Crippen LogP contribution in [-0.4, -0.2) is 86.2 Å². The second kappa shape index (κ2) is 18.8. The normalized spacial score (nSPS) is 11.5. The molecule has 0 saturated carbocycles. The molecule has 0 aliphatic heterocycles. The number of nitrogens with one attached hydrogen (secondary N) is 2. The van der Waals surface area contributed by atoms with Crippen molar-refractivity contribution in [3.8, 4) is 11.5 Å². The number of amides is 2. The third kappa shape index (κ3) is 18.5. The highest BCUT2D eigenvalue weighted by atomic mass is 16.6. The van der Waals surface area contributed by atoms with Crippen LogP contribution in [0.25, 0.3) is 0 Å². The minimum Gasteiger partial charge on any atom is -0.490 e. The van der Waals surface area contributed by atoms with E-state index >= 15 is 0 Å². The lowest BCUT2D eigenvalue weighted by Gasteiger charge is -2.19. The summed E-state index contributed by atoms with van der Waals surface area (Å²) in [5, 5.41) is 5.32. The molecule has 2 aromatic rings. The van der Waals surface area contributed by atoms with Gasteiger partial charge in [-0.15, -0.1) is 0 Å². The molecule has 0 unspecified atom stereocenters. The summed E-state index contributed by atoms with van der Waals surface area (Å²) in [5.74, 6) is 1.23. The number of hydrogen-bond donors (Lipinski definition) is 2. The van der Waals surface area contributed by atoms with Crippen LogP contribution >= 0.6 is 0 Å². The second-order valence-electron chi connectivity index (χ2n) is 11.2. The van der Waals surface area contributed by atoms with Crippen LogP contribution in [0.15, 0.2) is 36.7 Å². The number of hydrogen-bond acceptors (Lipinski definition) is 11. The molecule has 0 saturated heterocycles. The van der Waals surface area contributed by atoms with Gasteiger partial charge in [-0.1, -0.05) is 0 Å². The highest BCUT2D eigenvalue weighted by molar-refractivity contribution is 5.68. The first-order chi connectivity index (χ1) is 20.4.